The Morgan fingerprint density at radius 2 is 2.00 bits per heavy atom. The summed E-state index contributed by atoms with van der Waals surface area (Å²) in [7, 11) is 0. The summed E-state index contributed by atoms with van der Waals surface area (Å²) in [6.45, 7) is 2.12. The second-order valence-electron chi connectivity index (χ2n) is 4.34. The van der Waals surface area contributed by atoms with Gasteiger partial charge in [-0.05, 0) is 38.3 Å². The first-order chi connectivity index (χ1) is 8.02. The Balaban J connectivity index is 2.15. The molecule has 17 heavy (non-hydrogen) atoms. The predicted molar refractivity (Wildman–Crippen MR) is 66.0 cm³/mol. The molecule has 0 heterocycles. The van der Waals surface area contributed by atoms with Crippen LogP contribution >= 0.6 is 0 Å². The second-order valence-corrected chi connectivity index (χ2v) is 4.34. The third kappa shape index (κ3) is 4.87. The van der Waals surface area contributed by atoms with E-state index >= 15 is 0 Å². The van der Waals surface area contributed by atoms with Crippen molar-refractivity contribution < 1.29 is 14.6 Å². The predicted octanol–water partition coefficient (Wildman–Crippen LogP) is 2.04. The van der Waals surface area contributed by atoms with Crippen LogP contribution in [0.2, 0.25) is 0 Å². The largest absolute Gasteiger partial charge is 0.494 e. The highest BCUT2D eigenvalue weighted by Gasteiger charge is 2.26. The van der Waals surface area contributed by atoms with Crippen LogP contribution in [0.4, 0.5) is 0 Å². The molecule has 0 aromatic heterocycles. The lowest BCUT2D eigenvalue weighted by atomic mass is 9.97. The molecule has 0 aliphatic carbocycles. The molecule has 0 saturated heterocycles. The van der Waals surface area contributed by atoms with E-state index in [9.17, 15) is 4.79 Å². The standard InChI is InChI=1S/C13H19NO3/c1-13(14,12(15)16)9-5-6-10-17-11-7-3-2-4-8-11/h2-4,7-8H,5-6,9-10,14H2,1H3,(H,15,16). The zero-order valence-electron chi connectivity index (χ0n) is 10.1. The van der Waals surface area contributed by atoms with Gasteiger partial charge in [0.2, 0.25) is 0 Å². The van der Waals surface area contributed by atoms with Gasteiger partial charge in [-0.15, -0.1) is 0 Å². The van der Waals surface area contributed by atoms with Crippen molar-refractivity contribution in [1.82, 2.24) is 0 Å². The number of aliphatic carboxylic acids is 1. The van der Waals surface area contributed by atoms with Gasteiger partial charge < -0.3 is 15.6 Å². The number of para-hydroxylation sites is 1. The zero-order chi connectivity index (χ0) is 12.7. The number of hydrogen-bond donors (Lipinski definition) is 2. The summed E-state index contributed by atoms with van der Waals surface area (Å²) in [5.74, 6) is -0.122. The van der Waals surface area contributed by atoms with Gasteiger partial charge >= 0.3 is 5.97 Å². The maximum atomic E-state index is 10.8. The number of carboxylic acid groups (broad SMARTS) is 1. The van der Waals surface area contributed by atoms with Crippen LogP contribution in [0.1, 0.15) is 26.2 Å². The van der Waals surface area contributed by atoms with Crippen molar-refractivity contribution in [3.63, 3.8) is 0 Å². The van der Waals surface area contributed by atoms with Gasteiger partial charge in [-0.1, -0.05) is 18.2 Å². The van der Waals surface area contributed by atoms with Crippen molar-refractivity contribution in [1.29, 1.82) is 0 Å². The number of hydrogen-bond acceptors (Lipinski definition) is 3. The Kier molecular flexibility index (Phi) is 4.97. The number of benzene rings is 1. The third-order valence-electron chi connectivity index (χ3n) is 2.59. The minimum absolute atomic E-state index is 0.459. The number of nitrogens with two attached hydrogens (primary N) is 1. The maximum absolute atomic E-state index is 10.8. The second kappa shape index (κ2) is 6.25. The summed E-state index contributed by atoms with van der Waals surface area (Å²) < 4.78 is 5.49. The lowest BCUT2D eigenvalue weighted by molar-refractivity contribution is -0.142. The summed E-state index contributed by atoms with van der Waals surface area (Å²) in [5, 5.41) is 8.82. The molecule has 94 valence electrons. The summed E-state index contributed by atoms with van der Waals surface area (Å²) in [6, 6.07) is 9.54. The zero-order valence-corrected chi connectivity index (χ0v) is 10.1. The highest BCUT2D eigenvalue weighted by molar-refractivity contribution is 5.77. The van der Waals surface area contributed by atoms with Gasteiger partial charge in [-0.2, -0.15) is 0 Å². The summed E-state index contributed by atoms with van der Waals surface area (Å²) in [6.07, 6.45) is 2.00. The van der Waals surface area contributed by atoms with E-state index in [1.54, 1.807) is 0 Å². The van der Waals surface area contributed by atoms with E-state index in [-0.39, 0.29) is 0 Å². The molecule has 0 aliphatic rings. The van der Waals surface area contributed by atoms with Crippen LogP contribution < -0.4 is 10.5 Å². The summed E-state index contributed by atoms with van der Waals surface area (Å²) >= 11 is 0. The molecular weight excluding hydrogens is 218 g/mol. The van der Waals surface area contributed by atoms with Gasteiger partial charge in [0, 0.05) is 0 Å². The van der Waals surface area contributed by atoms with E-state index in [4.69, 9.17) is 15.6 Å². The summed E-state index contributed by atoms with van der Waals surface area (Å²) in [4.78, 5) is 10.8. The number of rotatable bonds is 7. The number of unbranched alkanes of at least 4 members (excludes halogenated alkanes) is 1. The molecule has 0 aliphatic heterocycles. The molecule has 1 unspecified atom stereocenters. The van der Waals surface area contributed by atoms with Crippen molar-refractivity contribution in [3.8, 4) is 5.75 Å². The minimum atomic E-state index is -1.13. The van der Waals surface area contributed by atoms with E-state index in [2.05, 4.69) is 0 Å². The van der Waals surface area contributed by atoms with Gasteiger partial charge in [0.15, 0.2) is 0 Å². The fraction of sp³-hybridized carbons (Fsp3) is 0.462. The van der Waals surface area contributed by atoms with E-state index < -0.39 is 11.5 Å². The van der Waals surface area contributed by atoms with Crippen LogP contribution in [0.25, 0.3) is 0 Å². The molecule has 1 atom stereocenters. The first-order valence-corrected chi connectivity index (χ1v) is 5.72. The summed E-state index contributed by atoms with van der Waals surface area (Å²) in [5.41, 5.74) is 4.48. The Hall–Kier alpha value is -1.55. The molecule has 0 fully saturated rings. The van der Waals surface area contributed by atoms with Gasteiger partial charge in [0.05, 0.1) is 6.61 Å². The SMILES string of the molecule is CC(N)(CCCCOc1ccccc1)C(=O)O. The van der Waals surface area contributed by atoms with E-state index in [0.29, 0.717) is 13.0 Å². The Morgan fingerprint density at radius 3 is 2.59 bits per heavy atom. The molecule has 1 rings (SSSR count). The molecule has 4 nitrogen and oxygen atoms in total. The van der Waals surface area contributed by atoms with Crippen molar-refractivity contribution in [2.24, 2.45) is 5.73 Å². The Bertz CT molecular complexity index is 349. The van der Waals surface area contributed by atoms with Gasteiger partial charge in [0.1, 0.15) is 11.3 Å². The minimum Gasteiger partial charge on any atom is -0.494 e. The molecule has 0 spiro atoms. The highest BCUT2D eigenvalue weighted by Crippen LogP contribution is 2.12. The van der Waals surface area contributed by atoms with Crippen molar-refractivity contribution in [2.45, 2.75) is 31.7 Å². The Morgan fingerprint density at radius 1 is 1.35 bits per heavy atom. The number of carbonyl (C=O) groups is 1. The average Bonchev–Trinajstić information content (AvgIpc) is 2.29. The van der Waals surface area contributed by atoms with E-state index in [0.717, 1.165) is 18.6 Å². The van der Waals surface area contributed by atoms with Crippen LogP contribution in [0, 0.1) is 0 Å². The smallest absolute Gasteiger partial charge is 0.323 e. The topological polar surface area (TPSA) is 72.5 Å². The maximum Gasteiger partial charge on any atom is 0.323 e. The van der Waals surface area contributed by atoms with Crippen LogP contribution in [0.15, 0.2) is 30.3 Å². The fourth-order valence-corrected chi connectivity index (χ4v) is 1.41. The van der Waals surface area contributed by atoms with Crippen LogP contribution in [0.5, 0.6) is 5.75 Å². The average molecular weight is 237 g/mol. The van der Waals surface area contributed by atoms with Crippen LogP contribution in [-0.2, 0) is 4.79 Å². The van der Waals surface area contributed by atoms with Crippen molar-refractivity contribution in [2.75, 3.05) is 6.61 Å². The molecule has 0 amide bonds. The third-order valence-corrected chi connectivity index (χ3v) is 2.59. The fourth-order valence-electron chi connectivity index (χ4n) is 1.41. The molecule has 4 heteroatoms. The van der Waals surface area contributed by atoms with Crippen LogP contribution in [-0.4, -0.2) is 23.2 Å². The first-order valence-electron chi connectivity index (χ1n) is 5.72. The molecule has 1 aromatic carbocycles. The lowest BCUT2D eigenvalue weighted by Gasteiger charge is -2.18. The molecule has 0 bridgehead atoms. The van der Waals surface area contributed by atoms with Crippen molar-refractivity contribution >= 4 is 5.97 Å². The van der Waals surface area contributed by atoms with Gasteiger partial charge in [0.25, 0.3) is 0 Å². The Labute approximate surface area is 101 Å². The van der Waals surface area contributed by atoms with E-state index in [1.165, 1.54) is 6.92 Å². The van der Waals surface area contributed by atoms with Crippen LogP contribution in [0.3, 0.4) is 0 Å². The van der Waals surface area contributed by atoms with E-state index in [1.807, 2.05) is 30.3 Å². The quantitative estimate of drug-likeness (QED) is 0.712. The van der Waals surface area contributed by atoms with Gasteiger partial charge in [-0.3, -0.25) is 4.79 Å². The molecule has 0 saturated carbocycles. The molecule has 3 N–H and O–H groups in total. The highest BCUT2D eigenvalue weighted by atomic mass is 16.5. The lowest BCUT2D eigenvalue weighted by Crippen LogP contribution is -2.44. The number of carboxylic acids is 1. The molecular formula is C13H19NO3. The molecule has 1 aromatic rings. The normalized spacial score (nSPS) is 14.0. The van der Waals surface area contributed by atoms with Gasteiger partial charge in [-0.25, -0.2) is 0 Å². The number of ether oxygens (including phenoxy) is 1. The van der Waals surface area contributed by atoms with Crippen molar-refractivity contribution in [3.05, 3.63) is 30.3 Å². The monoisotopic (exact) mass is 237 g/mol. The first kappa shape index (κ1) is 13.5. The molecule has 0 radical (unpaired) electrons.